The van der Waals surface area contributed by atoms with E-state index in [0.717, 1.165) is 47.9 Å². The fourth-order valence-corrected chi connectivity index (χ4v) is 4.85. The number of benzene rings is 2. The Morgan fingerprint density at radius 3 is 2.16 bits per heavy atom. The van der Waals surface area contributed by atoms with Crippen LogP contribution in [0, 0.1) is 0 Å². The Balaban J connectivity index is 1.28. The molecule has 32 heavy (non-hydrogen) atoms. The van der Waals surface area contributed by atoms with Gasteiger partial charge in [-0.1, -0.05) is 61.4 Å². The lowest BCUT2D eigenvalue weighted by atomic mass is 9.98. The van der Waals surface area contributed by atoms with Crippen molar-refractivity contribution in [2.75, 3.05) is 19.7 Å². The van der Waals surface area contributed by atoms with Gasteiger partial charge in [0.1, 0.15) is 13.2 Å². The van der Waals surface area contributed by atoms with Crippen molar-refractivity contribution in [3.05, 3.63) is 59.7 Å². The molecule has 7 heteroatoms. The van der Waals surface area contributed by atoms with Gasteiger partial charge in [-0.2, -0.15) is 0 Å². The number of aliphatic carboxylic acids is 1. The molecule has 2 amide bonds. The van der Waals surface area contributed by atoms with Gasteiger partial charge < -0.3 is 20.1 Å². The largest absolute Gasteiger partial charge is 0.480 e. The highest BCUT2D eigenvalue weighted by atomic mass is 16.5. The van der Waals surface area contributed by atoms with Crippen LogP contribution in [0.3, 0.4) is 0 Å². The summed E-state index contributed by atoms with van der Waals surface area (Å²) in [5.41, 5.74) is 4.59. The average Bonchev–Trinajstić information content (AvgIpc) is 3.42. The van der Waals surface area contributed by atoms with E-state index in [4.69, 9.17) is 9.84 Å². The van der Waals surface area contributed by atoms with Gasteiger partial charge >= 0.3 is 12.1 Å². The van der Waals surface area contributed by atoms with E-state index in [1.54, 1.807) is 0 Å². The third-order valence-corrected chi connectivity index (χ3v) is 6.34. The third-order valence-electron chi connectivity index (χ3n) is 6.34. The molecule has 1 saturated carbocycles. The van der Waals surface area contributed by atoms with E-state index in [1.165, 1.54) is 4.90 Å². The number of fused-ring (bicyclic) bond motifs is 3. The van der Waals surface area contributed by atoms with Crippen LogP contribution in [0.5, 0.6) is 0 Å². The Morgan fingerprint density at radius 2 is 1.56 bits per heavy atom. The molecular formula is C25H28N2O5. The van der Waals surface area contributed by atoms with Gasteiger partial charge in [-0.3, -0.25) is 9.59 Å². The van der Waals surface area contributed by atoms with Crippen molar-refractivity contribution >= 4 is 18.0 Å². The molecule has 0 spiro atoms. The van der Waals surface area contributed by atoms with Crippen LogP contribution in [-0.4, -0.2) is 53.7 Å². The summed E-state index contributed by atoms with van der Waals surface area (Å²) in [5.74, 6) is -1.30. The fourth-order valence-electron chi connectivity index (χ4n) is 4.85. The number of alkyl carbamates (subject to hydrolysis) is 1. The Kier molecular flexibility index (Phi) is 6.73. The van der Waals surface area contributed by atoms with Crippen LogP contribution in [0.15, 0.2) is 48.5 Å². The number of nitrogens with zero attached hydrogens (tertiary/aromatic N) is 1. The molecule has 0 atom stereocenters. The molecule has 0 heterocycles. The topological polar surface area (TPSA) is 95.9 Å². The maximum absolute atomic E-state index is 12.6. The molecule has 0 unspecified atom stereocenters. The Hall–Kier alpha value is -3.35. The van der Waals surface area contributed by atoms with E-state index < -0.39 is 12.1 Å². The maximum Gasteiger partial charge on any atom is 0.407 e. The predicted octanol–water partition coefficient (Wildman–Crippen LogP) is 3.77. The van der Waals surface area contributed by atoms with Crippen molar-refractivity contribution in [3.8, 4) is 11.1 Å². The minimum absolute atomic E-state index is 0.0203. The van der Waals surface area contributed by atoms with Crippen molar-refractivity contribution in [2.45, 2.75) is 44.1 Å². The summed E-state index contributed by atoms with van der Waals surface area (Å²) in [7, 11) is 0. The second-order valence-corrected chi connectivity index (χ2v) is 8.36. The molecule has 168 valence electrons. The van der Waals surface area contributed by atoms with Crippen LogP contribution in [0.2, 0.25) is 0 Å². The second kappa shape index (κ2) is 9.85. The number of hydrogen-bond donors (Lipinski definition) is 2. The molecule has 2 aromatic rings. The number of amides is 2. The van der Waals surface area contributed by atoms with E-state index in [2.05, 4.69) is 29.6 Å². The lowest BCUT2D eigenvalue weighted by molar-refractivity contribution is -0.146. The van der Waals surface area contributed by atoms with Crippen LogP contribution in [0.4, 0.5) is 4.79 Å². The van der Waals surface area contributed by atoms with Crippen molar-refractivity contribution in [1.29, 1.82) is 0 Å². The Morgan fingerprint density at radius 1 is 0.969 bits per heavy atom. The summed E-state index contributed by atoms with van der Waals surface area (Å²) in [5, 5.41) is 11.8. The molecule has 2 aliphatic carbocycles. The van der Waals surface area contributed by atoms with Gasteiger partial charge in [0.15, 0.2) is 0 Å². The molecule has 0 saturated heterocycles. The van der Waals surface area contributed by atoms with Crippen molar-refractivity contribution in [1.82, 2.24) is 10.2 Å². The average molecular weight is 437 g/mol. The summed E-state index contributed by atoms with van der Waals surface area (Å²) in [6, 6.07) is 16.2. The van der Waals surface area contributed by atoms with E-state index in [-0.39, 0.29) is 44.0 Å². The quantitative estimate of drug-likeness (QED) is 0.657. The lowest BCUT2D eigenvalue weighted by Crippen LogP contribution is -2.43. The minimum atomic E-state index is -1.02. The highest BCUT2D eigenvalue weighted by Gasteiger charge is 2.30. The predicted molar refractivity (Wildman–Crippen MR) is 119 cm³/mol. The standard InChI is InChI=1S/C25H28N2O5/c28-23(27(15-24(29)30)17-7-1-2-8-17)13-14-26-25(31)32-16-22-20-11-5-3-9-18(20)19-10-4-6-12-21(19)22/h3-6,9-12,17,22H,1-2,7-8,13-16H2,(H,26,31)(H,29,30). The summed E-state index contributed by atoms with van der Waals surface area (Å²) < 4.78 is 5.48. The Labute approximate surface area is 187 Å². The molecule has 2 N–H and O–H groups in total. The number of nitrogens with one attached hydrogen (secondary N) is 1. The van der Waals surface area contributed by atoms with Gasteiger partial charge in [0.25, 0.3) is 0 Å². The normalized spacial score (nSPS) is 15.1. The van der Waals surface area contributed by atoms with Gasteiger partial charge in [-0.15, -0.1) is 0 Å². The van der Waals surface area contributed by atoms with E-state index >= 15 is 0 Å². The van der Waals surface area contributed by atoms with Crippen LogP contribution >= 0.6 is 0 Å². The number of carbonyl (C=O) groups excluding carboxylic acids is 2. The first-order chi connectivity index (χ1) is 15.5. The van der Waals surface area contributed by atoms with Crippen LogP contribution in [-0.2, 0) is 14.3 Å². The smallest absolute Gasteiger partial charge is 0.407 e. The molecule has 0 aliphatic heterocycles. The summed E-state index contributed by atoms with van der Waals surface area (Å²) in [4.78, 5) is 37.4. The molecule has 1 fully saturated rings. The summed E-state index contributed by atoms with van der Waals surface area (Å²) in [6.07, 6.45) is 3.15. The second-order valence-electron chi connectivity index (χ2n) is 8.36. The van der Waals surface area contributed by atoms with Crippen molar-refractivity contribution < 1.29 is 24.2 Å². The number of ether oxygens (including phenoxy) is 1. The molecular weight excluding hydrogens is 408 g/mol. The molecule has 2 aliphatic rings. The molecule has 4 rings (SSSR count). The first kappa shape index (κ1) is 21.9. The molecule has 0 aromatic heterocycles. The SMILES string of the molecule is O=C(O)CN(C(=O)CCNC(=O)OCC1c2ccccc2-c2ccccc21)C1CCCC1. The van der Waals surface area contributed by atoms with Gasteiger partial charge in [-0.05, 0) is 35.1 Å². The number of carbonyl (C=O) groups is 3. The third kappa shape index (κ3) is 4.77. The zero-order valence-electron chi connectivity index (χ0n) is 18.0. The summed E-state index contributed by atoms with van der Waals surface area (Å²) >= 11 is 0. The van der Waals surface area contributed by atoms with E-state index in [1.807, 2.05) is 24.3 Å². The number of rotatable bonds is 8. The first-order valence-corrected chi connectivity index (χ1v) is 11.1. The van der Waals surface area contributed by atoms with Crippen molar-refractivity contribution in [3.63, 3.8) is 0 Å². The zero-order valence-corrected chi connectivity index (χ0v) is 18.0. The number of carboxylic acid groups (broad SMARTS) is 1. The van der Waals surface area contributed by atoms with E-state index in [0.29, 0.717) is 0 Å². The van der Waals surface area contributed by atoms with Gasteiger partial charge in [-0.25, -0.2) is 4.79 Å². The fraction of sp³-hybridized carbons (Fsp3) is 0.400. The molecule has 2 aromatic carbocycles. The van der Waals surface area contributed by atoms with Gasteiger partial charge in [0.05, 0.1) is 0 Å². The van der Waals surface area contributed by atoms with Crippen molar-refractivity contribution in [2.24, 2.45) is 0 Å². The Bertz CT molecular complexity index is 954. The summed E-state index contributed by atoms with van der Waals surface area (Å²) in [6.45, 7) is 0.0216. The maximum atomic E-state index is 12.6. The number of carboxylic acids is 1. The van der Waals surface area contributed by atoms with Gasteiger partial charge in [0.2, 0.25) is 5.91 Å². The van der Waals surface area contributed by atoms with Crippen LogP contribution < -0.4 is 5.32 Å². The lowest BCUT2D eigenvalue weighted by Gasteiger charge is -2.27. The number of hydrogen-bond acceptors (Lipinski definition) is 4. The molecule has 0 bridgehead atoms. The highest BCUT2D eigenvalue weighted by molar-refractivity contribution is 5.82. The van der Waals surface area contributed by atoms with Crippen LogP contribution in [0.25, 0.3) is 11.1 Å². The molecule has 0 radical (unpaired) electrons. The van der Waals surface area contributed by atoms with Gasteiger partial charge in [0, 0.05) is 24.9 Å². The van der Waals surface area contributed by atoms with E-state index in [9.17, 15) is 14.4 Å². The molecule has 7 nitrogen and oxygen atoms in total. The van der Waals surface area contributed by atoms with Crippen LogP contribution in [0.1, 0.15) is 49.1 Å². The highest BCUT2D eigenvalue weighted by Crippen LogP contribution is 2.44. The monoisotopic (exact) mass is 436 g/mol. The first-order valence-electron chi connectivity index (χ1n) is 11.1. The zero-order chi connectivity index (χ0) is 22.5. The minimum Gasteiger partial charge on any atom is -0.480 e.